The van der Waals surface area contributed by atoms with Gasteiger partial charge in [0.2, 0.25) is 10.0 Å². The smallest absolute Gasteiger partial charge is 0.339 e. The molecule has 1 saturated heterocycles. The molecule has 9 nitrogen and oxygen atoms in total. The van der Waals surface area contributed by atoms with Crippen molar-refractivity contribution in [2.45, 2.75) is 37.4 Å². The number of amides is 1. The summed E-state index contributed by atoms with van der Waals surface area (Å²) in [6.07, 6.45) is -1.03. The van der Waals surface area contributed by atoms with Gasteiger partial charge in [-0.1, -0.05) is 18.2 Å². The molecule has 0 saturated carbocycles. The summed E-state index contributed by atoms with van der Waals surface area (Å²) in [5.41, 5.74) is 1.35. The second-order valence-corrected chi connectivity index (χ2v) is 10.0. The number of rotatable bonds is 6. The second-order valence-electron chi connectivity index (χ2n) is 8.09. The van der Waals surface area contributed by atoms with Crippen LogP contribution in [0.25, 0.3) is 0 Å². The Morgan fingerprint density at radius 3 is 2.61 bits per heavy atom. The molecule has 0 bridgehead atoms. The van der Waals surface area contributed by atoms with Gasteiger partial charge in [0.25, 0.3) is 5.91 Å². The highest BCUT2D eigenvalue weighted by molar-refractivity contribution is 7.89. The van der Waals surface area contributed by atoms with Crippen LogP contribution in [0.5, 0.6) is 5.75 Å². The van der Waals surface area contributed by atoms with E-state index < -0.39 is 28.0 Å². The summed E-state index contributed by atoms with van der Waals surface area (Å²) in [6.45, 7) is 4.81. The number of nitrogens with one attached hydrogen (secondary N) is 1. The summed E-state index contributed by atoms with van der Waals surface area (Å²) in [4.78, 5) is 25.3. The number of nitrogens with zero attached hydrogens (tertiary/aromatic N) is 1. The molecule has 1 fully saturated rings. The van der Waals surface area contributed by atoms with Crippen molar-refractivity contribution < 1.29 is 32.2 Å². The Morgan fingerprint density at radius 2 is 1.88 bits per heavy atom. The summed E-state index contributed by atoms with van der Waals surface area (Å²) in [6, 6.07) is 11.3. The molecule has 1 unspecified atom stereocenters. The highest BCUT2D eigenvalue weighted by Crippen LogP contribution is 2.31. The number of hydrogen-bond acceptors (Lipinski definition) is 7. The van der Waals surface area contributed by atoms with E-state index in [-0.39, 0.29) is 36.2 Å². The summed E-state index contributed by atoms with van der Waals surface area (Å²) in [7, 11) is -3.78. The molecule has 10 heteroatoms. The molecule has 176 valence electrons. The zero-order chi connectivity index (χ0) is 23.6. The number of hydrogen-bond donors (Lipinski definition) is 1. The van der Waals surface area contributed by atoms with Gasteiger partial charge in [0.05, 0.1) is 35.5 Å². The Balaban J connectivity index is 1.60. The first-order valence-electron chi connectivity index (χ1n) is 10.7. The fourth-order valence-corrected chi connectivity index (χ4v) is 5.19. The third-order valence-electron chi connectivity index (χ3n) is 5.36. The molecule has 1 N–H and O–H groups in total. The monoisotopic (exact) mass is 474 g/mol. The zero-order valence-electron chi connectivity index (χ0n) is 18.4. The summed E-state index contributed by atoms with van der Waals surface area (Å²) >= 11 is 0. The van der Waals surface area contributed by atoms with E-state index in [1.807, 2.05) is 13.8 Å². The molecule has 2 heterocycles. The van der Waals surface area contributed by atoms with Crippen LogP contribution in [-0.2, 0) is 30.7 Å². The minimum Gasteiger partial charge on any atom is -0.489 e. The lowest BCUT2D eigenvalue weighted by molar-refractivity contribution is -0.125. The molecule has 4 rings (SSSR count). The van der Waals surface area contributed by atoms with Crippen LogP contribution < -0.4 is 10.1 Å². The molecule has 2 aromatic carbocycles. The Kier molecular flexibility index (Phi) is 6.68. The maximum absolute atomic E-state index is 13.1. The van der Waals surface area contributed by atoms with E-state index in [2.05, 4.69) is 5.32 Å². The highest BCUT2D eigenvalue weighted by atomic mass is 32.2. The minimum absolute atomic E-state index is 0.0294. The maximum Gasteiger partial charge on any atom is 0.339 e. The fraction of sp³-hybridized carbons (Fsp3) is 0.391. The van der Waals surface area contributed by atoms with Gasteiger partial charge in [-0.2, -0.15) is 4.31 Å². The van der Waals surface area contributed by atoms with E-state index in [0.29, 0.717) is 24.5 Å². The number of ether oxygens (including phenoxy) is 3. The number of carbonyl (C=O) groups is 2. The molecule has 2 aliphatic rings. The van der Waals surface area contributed by atoms with Gasteiger partial charge < -0.3 is 19.5 Å². The van der Waals surface area contributed by atoms with E-state index >= 15 is 0 Å². The first-order valence-corrected chi connectivity index (χ1v) is 12.2. The average molecular weight is 475 g/mol. The Labute approximate surface area is 192 Å². The van der Waals surface area contributed by atoms with Crippen LogP contribution in [0.4, 0.5) is 5.69 Å². The minimum atomic E-state index is -3.78. The van der Waals surface area contributed by atoms with Crippen LogP contribution in [0, 0.1) is 0 Å². The third kappa shape index (κ3) is 5.02. The van der Waals surface area contributed by atoms with Gasteiger partial charge in [0.15, 0.2) is 6.10 Å². The summed E-state index contributed by atoms with van der Waals surface area (Å²) in [5.74, 6) is -0.812. The molecule has 0 aromatic heterocycles. The first-order chi connectivity index (χ1) is 15.8. The van der Waals surface area contributed by atoms with Crippen LogP contribution in [0.1, 0.15) is 29.8 Å². The number of esters is 1. The number of morpholine rings is 1. The number of sulfonamides is 1. The SMILES string of the molecule is CC(C)Oc1ccc(S(=O)(=O)N2CCOCC2)cc1NC(=O)C1Cc2ccccc2C(=O)O1. The molecule has 2 aliphatic heterocycles. The molecule has 0 aliphatic carbocycles. The number of carbonyl (C=O) groups excluding carboxylic acids is 2. The van der Waals surface area contributed by atoms with Crippen LogP contribution in [0.2, 0.25) is 0 Å². The predicted octanol–water partition coefficient (Wildman–Crippen LogP) is 2.21. The lowest BCUT2D eigenvalue weighted by Gasteiger charge is -2.27. The van der Waals surface area contributed by atoms with Crippen LogP contribution >= 0.6 is 0 Å². The van der Waals surface area contributed by atoms with E-state index in [9.17, 15) is 18.0 Å². The van der Waals surface area contributed by atoms with Crippen molar-refractivity contribution in [3.63, 3.8) is 0 Å². The molecular formula is C23H26N2O7S. The van der Waals surface area contributed by atoms with E-state index in [0.717, 1.165) is 5.56 Å². The lowest BCUT2D eigenvalue weighted by atomic mass is 9.98. The first kappa shape index (κ1) is 23.2. The molecule has 1 atom stereocenters. The number of anilines is 1. The molecule has 0 spiro atoms. The van der Waals surface area contributed by atoms with Crippen LogP contribution in [0.15, 0.2) is 47.4 Å². The standard InChI is InChI=1S/C23H26N2O7S/c1-15(2)31-20-8-7-17(33(28,29)25-9-11-30-12-10-25)14-19(20)24-22(26)21-13-16-5-3-4-6-18(16)23(27)32-21/h3-8,14-15,21H,9-13H2,1-2H3,(H,24,26). The Hall–Kier alpha value is -2.95. The quantitative estimate of drug-likeness (QED) is 0.639. The van der Waals surface area contributed by atoms with Gasteiger partial charge in [-0.05, 0) is 43.7 Å². The highest BCUT2D eigenvalue weighted by Gasteiger charge is 2.32. The number of fused-ring (bicyclic) bond motifs is 1. The molecule has 0 radical (unpaired) electrons. The van der Waals surface area contributed by atoms with E-state index in [1.54, 1.807) is 24.3 Å². The van der Waals surface area contributed by atoms with Gasteiger partial charge >= 0.3 is 5.97 Å². The predicted molar refractivity (Wildman–Crippen MR) is 120 cm³/mol. The van der Waals surface area contributed by atoms with Gasteiger partial charge in [0.1, 0.15) is 5.75 Å². The van der Waals surface area contributed by atoms with Crippen molar-refractivity contribution >= 4 is 27.6 Å². The average Bonchev–Trinajstić information content (AvgIpc) is 2.80. The van der Waals surface area contributed by atoms with Crippen LogP contribution in [-0.4, -0.2) is 63.1 Å². The van der Waals surface area contributed by atoms with Crippen molar-refractivity contribution in [2.75, 3.05) is 31.6 Å². The van der Waals surface area contributed by atoms with Crippen molar-refractivity contribution in [1.82, 2.24) is 4.31 Å². The van der Waals surface area contributed by atoms with Crippen molar-refractivity contribution in [2.24, 2.45) is 0 Å². The van der Waals surface area contributed by atoms with Crippen molar-refractivity contribution in [3.8, 4) is 5.75 Å². The fourth-order valence-electron chi connectivity index (χ4n) is 3.75. The Bertz CT molecular complexity index is 1160. The van der Waals surface area contributed by atoms with Gasteiger partial charge in [-0.3, -0.25) is 4.79 Å². The lowest BCUT2D eigenvalue weighted by Crippen LogP contribution is -2.40. The maximum atomic E-state index is 13.1. The van der Waals surface area contributed by atoms with Gasteiger partial charge in [-0.25, -0.2) is 13.2 Å². The number of cyclic esters (lactones) is 1. The Morgan fingerprint density at radius 1 is 1.15 bits per heavy atom. The zero-order valence-corrected chi connectivity index (χ0v) is 19.3. The summed E-state index contributed by atoms with van der Waals surface area (Å²) in [5, 5.41) is 2.70. The normalized spacial score (nSPS) is 19.0. The molecule has 2 aromatic rings. The topological polar surface area (TPSA) is 111 Å². The molecular weight excluding hydrogens is 448 g/mol. The van der Waals surface area contributed by atoms with Gasteiger partial charge in [0, 0.05) is 19.5 Å². The molecule has 33 heavy (non-hydrogen) atoms. The van der Waals surface area contributed by atoms with Crippen molar-refractivity contribution in [3.05, 3.63) is 53.6 Å². The van der Waals surface area contributed by atoms with Crippen molar-refractivity contribution in [1.29, 1.82) is 0 Å². The largest absolute Gasteiger partial charge is 0.489 e. The second kappa shape index (κ2) is 9.50. The van der Waals surface area contributed by atoms with Crippen LogP contribution in [0.3, 0.4) is 0 Å². The van der Waals surface area contributed by atoms with E-state index in [4.69, 9.17) is 14.2 Å². The third-order valence-corrected chi connectivity index (χ3v) is 7.26. The van der Waals surface area contributed by atoms with Gasteiger partial charge in [-0.15, -0.1) is 0 Å². The summed E-state index contributed by atoms with van der Waals surface area (Å²) < 4.78 is 43.9. The van der Waals surface area contributed by atoms with E-state index in [1.165, 1.54) is 22.5 Å². The molecule has 1 amide bonds. The number of benzene rings is 2.